The molecular formula is C51H74N12O11S2. The Morgan fingerprint density at radius 1 is 0.816 bits per heavy atom. The van der Waals surface area contributed by atoms with E-state index >= 15 is 0 Å². The molecule has 2 saturated heterocycles. The molecule has 23 nitrogen and oxygen atoms in total. The first-order valence-corrected chi connectivity index (χ1v) is 28.0. The average Bonchev–Trinajstić information content (AvgIpc) is 3.87. The first-order chi connectivity index (χ1) is 36.2. The molecule has 25 heteroatoms. The minimum Gasteiger partial charge on any atom is -0.508 e. The van der Waals surface area contributed by atoms with Gasteiger partial charge >= 0.3 is 5.97 Å². The molecule has 15 N–H and O–H groups in total. The average molecular weight is 1100 g/mol. The number of aliphatic imine (C=N–C) groups is 1. The third-order valence-corrected chi connectivity index (χ3v) is 16.7. The third kappa shape index (κ3) is 18.9. The number of nitrogens with zero attached hydrogens (tertiary/aromatic N) is 2. The van der Waals surface area contributed by atoms with Crippen molar-refractivity contribution in [3.05, 3.63) is 65.7 Å². The number of hydrogen-bond acceptors (Lipinski definition) is 15. The Labute approximate surface area is 450 Å². The van der Waals surface area contributed by atoms with Crippen LogP contribution in [0.2, 0.25) is 0 Å². The number of cyclic esters (lactones) is 1. The number of carbonyl (C=O) groups is 9. The Morgan fingerprint density at radius 3 is 2.12 bits per heavy atom. The van der Waals surface area contributed by atoms with Gasteiger partial charge in [0.25, 0.3) is 0 Å². The van der Waals surface area contributed by atoms with Gasteiger partial charge in [0.2, 0.25) is 47.3 Å². The molecule has 3 aliphatic rings. The summed E-state index contributed by atoms with van der Waals surface area (Å²) in [5.74, 6) is -7.55. The van der Waals surface area contributed by atoms with Gasteiger partial charge in [0.1, 0.15) is 48.6 Å². The summed E-state index contributed by atoms with van der Waals surface area (Å²) in [7, 11) is 2.62. The van der Waals surface area contributed by atoms with E-state index in [4.69, 9.17) is 27.7 Å². The van der Waals surface area contributed by atoms with Crippen molar-refractivity contribution in [3.63, 3.8) is 0 Å². The minimum absolute atomic E-state index is 0.000241. The van der Waals surface area contributed by atoms with Crippen molar-refractivity contribution in [3.8, 4) is 5.75 Å². The quantitative estimate of drug-likeness (QED) is 0.0357. The van der Waals surface area contributed by atoms with E-state index in [0.29, 0.717) is 36.8 Å². The summed E-state index contributed by atoms with van der Waals surface area (Å²) in [4.78, 5) is 130. The second-order valence-electron chi connectivity index (χ2n) is 19.8. The highest BCUT2D eigenvalue weighted by Crippen LogP contribution is 2.48. The number of amides is 8. The molecule has 0 bridgehead atoms. The van der Waals surface area contributed by atoms with Gasteiger partial charge in [0, 0.05) is 36.6 Å². The summed E-state index contributed by atoms with van der Waals surface area (Å²) < 4.78 is 5.14. The maximum atomic E-state index is 14.8. The molecule has 3 fully saturated rings. The number of rotatable bonds is 15. The molecular weight excluding hydrogens is 1020 g/mol. The van der Waals surface area contributed by atoms with Crippen LogP contribution in [0.25, 0.3) is 0 Å². The molecule has 8 amide bonds. The Morgan fingerprint density at radius 2 is 1.46 bits per heavy atom. The number of nitrogens with one attached hydrogen (secondary N) is 6. The largest absolute Gasteiger partial charge is 0.508 e. The van der Waals surface area contributed by atoms with Crippen molar-refractivity contribution in [2.75, 3.05) is 32.0 Å². The van der Waals surface area contributed by atoms with Gasteiger partial charge in [-0.1, -0.05) is 97.2 Å². The van der Waals surface area contributed by atoms with Crippen LogP contribution in [0.15, 0.2) is 59.6 Å². The maximum absolute atomic E-state index is 14.8. The van der Waals surface area contributed by atoms with Crippen molar-refractivity contribution in [1.82, 2.24) is 36.8 Å². The lowest BCUT2D eigenvalue weighted by Crippen LogP contribution is -2.61. The lowest BCUT2D eigenvalue weighted by molar-refractivity contribution is -0.144. The Hall–Kier alpha value is -6.60. The van der Waals surface area contributed by atoms with E-state index < -0.39 is 113 Å². The molecule has 76 heavy (non-hydrogen) atoms. The Balaban J connectivity index is 1.48. The molecule has 416 valence electrons. The van der Waals surface area contributed by atoms with E-state index in [-0.39, 0.29) is 75.8 Å². The number of phenolic OH excluding ortho intramolecular Hbond substituents is 1. The van der Waals surface area contributed by atoms with Gasteiger partial charge in [0.15, 0.2) is 5.96 Å². The van der Waals surface area contributed by atoms with Gasteiger partial charge in [0.05, 0.1) is 18.9 Å². The summed E-state index contributed by atoms with van der Waals surface area (Å²) in [6.07, 6.45) is 4.30. The van der Waals surface area contributed by atoms with Gasteiger partial charge in [-0.3, -0.25) is 48.1 Å². The molecule has 2 aliphatic heterocycles. The molecule has 0 aromatic heterocycles. The summed E-state index contributed by atoms with van der Waals surface area (Å²) in [6.45, 7) is 3.53. The summed E-state index contributed by atoms with van der Waals surface area (Å²) in [6, 6.07) is 6.42. The van der Waals surface area contributed by atoms with E-state index in [1.165, 1.54) is 38.6 Å². The van der Waals surface area contributed by atoms with E-state index in [1.54, 1.807) is 56.3 Å². The molecule has 1 saturated carbocycles. The standard InChI is InChI=1S/C51H74N12O11S2/c1-30(2)42-48(72)60-37(27-40(52)65)45(69)61-38(49(73)63-23-10-14-39(63)47(71)58-34(43(53)67)13-9-21-57-50(54)55)29-75-76-51(19-7-4-8-20-51)28-41(66)74-24-22-56-35(25-32-15-17-33(64)18-16-32)44(68)59-36(46(70)62-42)26-31-11-5-3-6-12-31/h3,5-6,11-12,15-18,30,34-39,42,56,64H,4,7-10,13-14,19-29H2,1-2H3,(H2,52,65)(H2,53,67)(H,58,71)(H,59,68)(H,60,72)(H,61,69)(H,62,70)(H4,54,55,57)/t34-,35+,36-,37-,38-,39+,42-/m0/s1. The van der Waals surface area contributed by atoms with Crippen molar-refractivity contribution < 1.29 is 53.0 Å². The molecule has 0 unspecified atom stereocenters. The van der Waals surface area contributed by atoms with E-state index in [2.05, 4.69) is 36.9 Å². The third-order valence-electron chi connectivity index (χ3n) is 13.4. The number of benzene rings is 2. The zero-order valence-corrected chi connectivity index (χ0v) is 44.7. The number of hydrogen-bond donors (Lipinski definition) is 11. The van der Waals surface area contributed by atoms with Gasteiger partial charge in [-0.2, -0.15) is 0 Å². The van der Waals surface area contributed by atoms with Gasteiger partial charge in [-0.25, -0.2) is 0 Å². The van der Waals surface area contributed by atoms with Crippen LogP contribution in [-0.2, 0) is 60.7 Å². The second-order valence-corrected chi connectivity index (χ2v) is 22.6. The van der Waals surface area contributed by atoms with E-state index in [1.807, 2.05) is 0 Å². The van der Waals surface area contributed by atoms with Crippen molar-refractivity contribution in [1.29, 1.82) is 0 Å². The molecule has 0 radical (unpaired) electrons. The highest BCUT2D eigenvalue weighted by molar-refractivity contribution is 8.77. The Bertz CT molecular complexity index is 2370. The van der Waals surface area contributed by atoms with Crippen molar-refractivity contribution in [2.24, 2.45) is 33.8 Å². The van der Waals surface area contributed by atoms with Crippen molar-refractivity contribution in [2.45, 2.75) is 144 Å². The molecule has 2 aromatic rings. The van der Waals surface area contributed by atoms with Crippen LogP contribution in [0.3, 0.4) is 0 Å². The fourth-order valence-electron chi connectivity index (χ4n) is 9.35. The van der Waals surface area contributed by atoms with Crippen LogP contribution in [0, 0.1) is 5.92 Å². The second kappa shape index (κ2) is 29.6. The first kappa shape index (κ1) is 60.3. The molecule has 5 rings (SSSR count). The minimum atomic E-state index is -1.66. The van der Waals surface area contributed by atoms with Crippen LogP contribution in [0.5, 0.6) is 5.75 Å². The number of phenols is 1. The smallest absolute Gasteiger partial charge is 0.307 e. The fraction of sp³-hybridized carbons (Fsp3) is 0.569. The highest BCUT2D eigenvalue weighted by atomic mass is 33.1. The molecule has 1 aliphatic carbocycles. The summed E-state index contributed by atoms with van der Waals surface area (Å²) in [5, 5.41) is 26.7. The van der Waals surface area contributed by atoms with Crippen LogP contribution in [0.4, 0.5) is 0 Å². The first-order valence-electron chi connectivity index (χ1n) is 25.7. The summed E-state index contributed by atoms with van der Waals surface area (Å²) in [5.41, 5.74) is 23.5. The van der Waals surface area contributed by atoms with Gasteiger partial charge in [-0.05, 0) is 74.1 Å². The predicted octanol–water partition coefficient (Wildman–Crippen LogP) is -0.348. The van der Waals surface area contributed by atoms with Crippen LogP contribution in [-0.4, -0.2) is 148 Å². The van der Waals surface area contributed by atoms with Crippen LogP contribution >= 0.6 is 21.6 Å². The maximum Gasteiger partial charge on any atom is 0.307 e. The molecule has 7 atom stereocenters. The number of nitrogens with two attached hydrogens (primary N) is 4. The normalized spacial score (nSPS) is 23.9. The van der Waals surface area contributed by atoms with Crippen LogP contribution in [0.1, 0.15) is 95.6 Å². The van der Waals surface area contributed by atoms with Crippen molar-refractivity contribution >= 4 is 80.8 Å². The number of esters is 1. The zero-order valence-electron chi connectivity index (χ0n) is 43.1. The lowest BCUT2D eigenvalue weighted by atomic mass is 9.86. The fourth-order valence-corrected chi connectivity index (χ4v) is 12.7. The SMILES string of the molecule is CC(C)[C@@H]1NC(=O)[C@H](Cc2ccccc2)NC(=O)[C@@H](Cc2ccc(O)cc2)NCCOC(=O)CC2(CCCCC2)SSC[C@@H](C(=O)N2CCC[C@@H]2C(=O)N[C@@H](CCCN=C(N)N)C(N)=O)NC(=O)[C@H](CC(N)=O)NC1=O. The van der Waals surface area contributed by atoms with Gasteiger partial charge < -0.3 is 69.6 Å². The van der Waals surface area contributed by atoms with Gasteiger partial charge in [-0.15, -0.1) is 0 Å². The lowest BCUT2D eigenvalue weighted by Gasteiger charge is -2.36. The van der Waals surface area contributed by atoms with E-state index in [9.17, 15) is 48.3 Å². The number of primary amides is 2. The number of carbonyl (C=O) groups excluding carboxylic acids is 9. The number of ether oxygens (including phenoxy) is 1. The zero-order chi connectivity index (χ0) is 55.4. The molecule has 2 aromatic carbocycles. The monoisotopic (exact) mass is 1090 g/mol. The topological polar surface area (TPSA) is 375 Å². The Kier molecular flexibility index (Phi) is 23.5. The number of likely N-dealkylation sites (tertiary alicyclic amines) is 1. The molecule has 1 spiro atoms. The summed E-state index contributed by atoms with van der Waals surface area (Å²) >= 11 is 0. The molecule has 2 heterocycles. The number of aromatic hydroxyl groups is 1. The van der Waals surface area contributed by atoms with E-state index in [0.717, 1.165) is 19.3 Å². The predicted molar refractivity (Wildman–Crippen MR) is 287 cm³/mol. The number of guanidine groups is 1. The van der Waals surface area contributed by atoms with Crippen LogP contribution < -0.4 is 54.8 Å². The highest BCUT2D eigenvalue weighted by Gasteiger charge is 2.42.